The molecule has 0 atom stereocenters. The van der Waals surface area contributed by atoms with Gasteiger partial charge in [-0.1, -0.05) is 23.5 Å². The number of hydrogen-bond acceptors (Lipinski definition) is 6. The van der Waals surface area contributed by atoms with Crippen molar-refractivity contribution >= 4 is 29.5 Å². The zero-order valence-electron chi connectivity index (χ0n) is 12.9. The average molecular weight is 313 g/mol. The average Bonchev–Trinajstić information content (AvgIpc) is 2.76. The number of rotatable bonds is 5. The molecule has 7 heteroatoms. The van der Waals surface area contributed by atoms with Crippen LogP contribution in [0.1, 0.15) is 0 Å². The van der Waals surface area contributed by atoms with Crippen molar-refractivity contribution < 1.29 is 4.52 Å². The number of nitrogens with zero attached hydrogens (tertiary/aromatic N) is 4. The fraction of sp³-hybridized carbons (Fsp3) is 0.462. The summed E-state index contributed by atoms with van der Waals surface area (Å²) in [6.07, 6.45) is 0. The molecule has 0 spiro atoms. The van der Waals surface area contributed by atoms with E-state index in [1.54, 1.807) is 11.3 Å². The van der Waals surface area contributed by atoms with Gasteiger partial charge in [-0.05, 0) is 12.1 Å². The third kappa shape index (κ3) is 2.67. The van der Waals surface area contributed by atoms with Crippen LogP contribution in [0.3, 0.4) is 0 Å². The van der Waals surface area contributed by atoms with Crippen molar-refractivity contribution in [1.29, 1.82) is 0 Å². The number of hydrogen-bond donors (Lipinski definition) is 0. The summed E-state index contributed by atoms with van der Waals surface area (Å²) in [6, 6.07) is 8.11. The molecule has 0 radical (unpaired) electrons. The van der Waals surface area contributed by atoms with Crippen molar-refractivity contribution in [3.8, 4) is 5.19 Å². The van der Waals surface area contributed by atoms with Crippen LogP contribution in [0, 0.1) is 0 Å². The molecule has 20 heavy (non-hydrogen) atoms. The van der Waals surface area contributed by atoms with Crippen LogP contribution in [0.2, 0.25) is 0 Å². The smallest absolute Gasteiger partial charge is 0.261 e. The van der Waals surface area contributed by atoms with E-state index in [4.69, 9.17) is 4.52 Å². The van der Waals surface area contributed by atoms with Gasteiger partial charge >= 0.3 is 13.1 Å². The SMILES string of the molecule is CN(C)[P+](Oc1nc2ccccc2s1)(N(C)C)N(C)C. The molecule has 0 unspecified atom stereocenters. The van der Waals surface area contributed by atoms with E-state index in [1.165, 1.54) is 0 Å². The summed E-state index contributed by atoms with van der Waals surface area (Å²) < 4.78 is 13.9. The minimum absolute atomic E-state index is 0.718. The molecule has 1 aromatic heterocycles. The number of aromatic nitrogens is 1. The maximum Gasteiger partial charge on any atom is 0.420 e. The fourth-order valence-corrected chi connectivity index (χ4v) is 6.35. The summed E-state index contributed by atoms with van der Waals surface area (Å²) in [5.74, 6) is 0. The van der Waals surface area contributed by atoms with Crippen LogP contribution in [0.15, 0.2) is 24.3 Å². The van der Waals surface area contributed by atoms with Crippen LogP contribution < -0.4 is 4.52 Å². The highest BCUT2D eigenvalue weighted by Crippen LogP contribution is 2.64. The molecular formula is C13H22N4OPS+. The Kier molecular flexibility index (Phi) is 4.62. The van der Waals surface area contributed by atoms with Gasteiger partial charge in [0, 0.05) is 42.3 Å². The van der Waals surface area contributed by atoms with E-state index in [9.17, 15) is 0 Å². The Morgan fingerprint density at radius 2 is 1.50 bits per heavy atom. The molecule has 1 aromatic carbocycles. The normalized spacial score (nSPS) is 12.8. The molecule has 2 aromatic rings. The second-order valence-corrected chi connectivity index (χ2v) is 9.70. The predicted octanol–water partition coefficient (Wildman–Crippen LogP) is 3.04. The quantitative estimate of drug-likeness (QED) is 0.792. The first-order valence-electron chi connectivity index (χ1n) is 6.35. The minimum atomic E-state index is -2.04. The minimum Gasteiger partial charge on any atom is -0.261 e. The number of thiazole rings is 1. The maximum absolute atomic E-state index is 6.37. The van der Waals surface area contributed by atoms with Crippen molar-refractivity contribution in [1.82, 2.24) is 19.0 Å². The third-order valence-electron chi connectivity index (χ3n) is 3.04. The van der Waals surface area contributed by atoms with Gasteiger partial charge in [-0.3, -0.25) is 4.52 Å². The Hall–Kier alpha value is -0.780. The summed E-state index contributed by atoms with van der Waals surface area (Å²) in [4.78, 5) is 4.59. The van der Waals surface area contributed by atoms with Crippen molar-refractivity contribution in [3.63, 3.8) is 0 Å². The van der Waals surface area contributed by atoms with E-state index < -0.39 is 7.94 Å². The molecular weight excluding hydrogens is 291 g/mol. The van der Waals surface area contributed by atoms with E-state index in [0.717, 1.165) is 15.4 Å². The predicted molar refractivity (Wildman–Crippen MR) is 88.2 cm³/mol. The van der Waals surface area contributed by atoms with Gasteiger partial charge in [-0.2, -0.15) is 4.98 Å². The first-order valence-corrected chi connectivity index (χ1v) is 8.73. The van der Waals surface area contributed by atoms with E-state index in [0.29, 0.717) is 0 Å². The highest BCUT2D eigenvalue weighted by molar-refractivity contribution is 7.64. The summed E-state index contributed by atoms with van der Waals surface area (Å²) >= 11 is 1.59. The Morgan fingerprint density at radius 1 is 0.950 bits per heavy atom. The fourth-order valence-electron chi connectivity index (χ4n) is 2.31. The maximum atomic E-state index is 6.37. The Morgan fingerprint density at radius 3 is 2.00 bits per heavy atom. The molecule has 0 aliphatic rings. The first-order chi connectivity index (χ1) is 9.37. The highest BCUT2D eigenvalue weighted by Gasteiger charge is 2.53. The van der Waals surface area contributed by atoms with Gasteiger partial charge in [0.05, 0.1) is 10.2 Å². The third-order valence-corrected chi connectivity index (χ3v) is 7.62. The van der Waals surface area contributed by atoms with Gasteiger partial charge in [0.2, 0.25) is 0 Å². The molecule has 110 valence electrons. The van der Waals surface area contributed by atoms with Gasteiger partial charge in [-0.25, -0.2) is 0 Å². The van der Waals surface area contributed by atoms with Gasteiger partial charge in [0.1, 0.15) is 0 Å². The van der Waals surface area contributed by atoms with Crippen molar-refractivity contribution in [3.05, 3.63) is 24.3 Å². The monoisotopic (exact) mass is 313 g/mol. The van der Waals surface area contributed by atoms with Gasteiger partial charge in [0.25, 0.3) is 0 Å². The number of para-hydroxylation sites is 1. The zero-order chi connectivity index (χ0) is 14.9. The lowest BCUT2D eigenvalue weighted by Gasteiger charge is -2.35. The van der Waals surface area contributed by atoms with E-state index in [2.05, 4.69) is 25.1 Å². The number of fused-ring (bicyclic) bond motifs is 1. The van der Waals surface area contributed by atoms with Gasteiger partial charge in [0.15, 0.2) is 0 Å². The topological polar surface area (TPSA) is 31.8 Å². The summed E-state index contributed by atoms with van der Waals surface area (Å²) in [5.41, 5.74) is 0.988. The molecule has 0 bridgehead atoms. The highest BCUT2D eigenvalue weighted by atomic mass is 32.1. The van der Waals surface area contributed by atoms with E-state index >= 15 is 0 Å². The summed E-state index contributed by atoms with van der Waals surface area (Å²) in [6.45, 7) is 0. The summed E-state index contributed by atoms with van der Waals surface area (Å²) in [5, 5.41) is 0.718. The Labute approximate surface area is 125 Å². The molecule has 0 amide bonds. The van der Waals surface area contributed by atoms with Crippen LogP contribution in [-0.2, 0) is 0 Å². The lowest BCUT2D eigenvalue weighted by atomic mass is 10.3. The molecule has 0 fully saturated rings. The van der Waals surface area contributed by atoms with E-state index in [-0.39, 0.29) is 0 Å². The molecule has 0 N–H and O–H groups in total. The lowest BCUT2D eigenvalue weighted by molar-refractivity contribution is 0.351. The largest absolute Gasteiger partial charge is 0.420 e. The van der Waals surface area contributed by atoms with Gasteiger partial charge < -0.3 is 0 Å². The second-order valence-electron chi connectivity index (χ2n) is 5.09. The first kappa shape index (κ1) is 15.6. The van der Waals surface area contributed by atoms with Crippen molar-refractivity contribution in [2.24, 2.45) is 0 Å². The van der Waals surface area contributed by atoms with Crippen molar-refractivity contribution in [2.75, 3.05) is 42.3 Å². The molecule has 1 heterocycles. The molecule has 0 saturated heterocycles. The van der Waals surface area contributed by atoms with Crippen LogP contribution in [0.5, 0.6) is 5.19 Å². The Balaban J connectivity index is 2.41. The van der Waals surface area contributed by atoms with Crippen LogP contribution >= 0.6 is 19.3 Å². The molecule has 0 saturated carbocycles. The molecule has 0 aliphatic heterocycles. The zero-order valence-corrected chi connectivity index (χ0v) is 14.6. The number of benzene rings is 1. The van der Waals surface area contributed by atoms with Crippen LogP contribution in [0.4, 0.5) is 0 Å². The standard InChI is InChI=1S/C13H22N4OPS/c1-15(2)19(16(3)4,17(5)6)18-13-14-11-9-7-8-10-12(11)20-13/h7-10H,1-6H3/q+1. The lowest BCUT2D eigenvalue weighted by Crippen LogP contribution is -2.39. The molecule has 5 nitrogen and oxygen atoms in total. The second kappa shape index (κ2) is 5.92. The van der Waals surface area contributed by atoms with Crippen molar-refractivity contribution in [2.45, 2.75) is 0 Å². The molecule has 2 rings (SSSR count). The molecule has 0 aliphatic carbocycles. The Bertz CT molecular complexity index is 530. The van der Waals surface area contributed by atoms with Crippen LogP contribution in [-0.4, -0.2) is 61.3 Å². The van der Waals surface area contributed by atoms with Gasteiger partial charge in [-0.15, -0.1) is 14.0 Å². The van der Waals surface area contributed by atoms with E-state index in [1.807, 2.05) is 60.5 Å². The summed E-state index contributed by atoms with van der Waals surface area (Å²) in [7, 11) is 10.2. The van der Waals surface area contributed by atoms with Crippen LogP contribution in [0.25, 0.3) is 10.2 Å².